The van der Waals surface area contributed by atoms with Crippen molar-refractivity contribution in [1.29, 1.82) is 0 Å². The molecular weight excluding hydrogens is 316 g/mol. The molecule has 1 saturated carbocycles. The lowest BCUT2D eigenvalue weighted by atomic mass is 9.48. The Labute approximate surface area is 147 Å². The molecule has 2 atom stereocenters. The van der Waals surface area contributed by atoms with Gasteiger partial charge in [-0.15, -0.1) is 0 Å². The fourth-order valence-electron chi connectivity index (χ4n) is 5.09. The Morgan fingerprint density at radius 2 is 2.00 bits per heavy atom. The van der Waals surface area contributed by atoms with Gasteiger partial charge in [0.15, 0.2) is 0 Å². The van der Waals surface area contributed by atoms with E-state index in [0.29, 0.717) is 19.6 Å². The summed E-state index contributed by atoms with van der Waals surface area (Å²) < 4.78 is 7.04. The minimum absolute atomic E-state index is 0.0647. The van der Waals surface area contributed by atoms with E-state index in [-0.39, 0.29) is 23.2 Å². The molecule has 25 heavy (non-hydrogen) atoms. The smallest absolute Gasteiger partial charge is 0.314 e. The number of benzene rings is 1. The molecule has 1 aromatic heterocycles. The molecule has 1 aliphatic heterocycles. The topological polar surface area (TPSA) is 51.5 Å². The van der Waals surface area contributed by atoms with Crippen LogP contribution in [0.5, 0.6) is 0 Å². The Bertz CT molecular complexity index is 853. The van der Waals surface area contributed by atoms with Gasteiger partial charge in [0.2, 0.25) is 5.91 Å². The Morgan fingerprint density at radius 1 is 1.24 bits per heavy atom. The molecule has 0 radical (unpaired) electrons. The van der Waals surface area contributed by atoms with Crippen molar-refractivity contribution in [1.82, 2.24) is 9.47 Å². The highest BCUT2D eigenvalue weighted by Gasteiger charge is 2.67. The van der Waals surface area contributed by atoms with Crippen LogP contribution in [0, 0.1) is 16.7 Å². The molecule has 4 rings (SSSR count). The van der Waals surface area contributed by atoms with Crippen LogP contribution in [0.4, 0.5) is 0 Å². The van der Waals surface area contributed by atoms with Crippen LogP contribution < -0.4 is 0 Å². The van der Waals surface area contributed by atoms with Gasteiger partial charge in [-0.25, -0.2) is 0 Å². The van der Waals surface area contributed by atoms with Gasteiger partial charge < -0.3 is 14.2 Å². The van der Waals surface area contributed by atoms with E-state index in [1.165, 1.54) is 7.11 Å². The maximum absolute atomic E-state index is 12.9. The van der Waals surface area contributed by atoms with Gasteiger partial charge >= 0.3 is 5.97 Å². The van der Waals surface area contributed by atoms with Gasteiger partial charge in [0.1, 0.15) is 6.54 Å². The number of carbonyl (C=O) groups excluding carboxylic acids is 2. The third-order valence-electron chi connectivity index (χ3n) is 6.19. The molecule has 132 valence electrons. The van der Waals surface area contributed by atoms with Gasteiger partial charge in [-0.1, -0.05) is 32.0 Å². The lowest BCUT2D eigenvalue weighted by Gasteiger charge is -2.54. The fourth-order valence-corrected chi connectivity index (χ4v) is 5.09. The zero-order valence-electron chi connectivity index (χ0n) is 15.0. The van der Waals surface area contributed by atoms with E-state index in [1.807, 2.05) is 46.0 Å². The maximum atomic E-state index is 12.9. The molecule has 5 heteroatoms. The number of methoxy groups -OCH3 is 1. The summed E-state index contributed by atoms with van der Waals surface area (Å²) in [6.45, 7) is 5.77. The van der Waals surface area contributed by atoms with Gasteiger partial charge in [-0.3, -0.25) is 9.59 Å². The monoisotopic (exact) mass is 340 g/mol. The zero-order valence-corrected chi connectivity index (χ0v) is 15.0. The van der Waals surface area contributed by atoms with Crippen molar-refractivity contribution in [2.24, 2.45) is 16.7 Å². The van der Waals surface area contributed by atoms with Gasteiger partial charge in [0, 0.05) is 24.8 Å². The standard InChI is InChI=1S/C20H24N2O3/c1-19(2)12-20(18(24)25-3)13-22(10-16(19)20)17(23)11-21-9-8-14-6-4-5-7-15(14)21/h4-9,16H,10-13H2,1-3H3/t16-,20+/m1/s1. The van der Waals surface area contributed by atoms with Crippen LogP contribution in [0.15, 0.2) is 36.5 Å². The summed E-state index contributed by atoms with van der Waals surface area (Å²) in [7, 11) is 1.44. The second kappa shape index (κ2) is 5.35. The summed E-state index contributed by atoms with van der Waals surface area (Å²) in [5.74, 6) is 0.0752. The van der Waals surface area contributed by atoms with Crippen molar-refractivity contribution >= 4 is 22.8 Å². The number of hydrogen-bond acceptors (Lipinski definition) is 3. The van der Waals surface area contributed by atoms with E-state index in [4.69, 9.17) is 4.74 Å². The number of carbonyl (C=O) groups is 2. The Morgan fingerprint density at radius 3 is 2.72 bits per heavy atom. The Hall–Kier alpha value is -2.30. The zero-order chi connectivity index (χ0) is 17.8. The third kappa shape index (κ3) is 2.29. The van der Waals surface area contributed by atoms with E-state index >= 15 is 0 Å². The highest BCUT2D eigenvalue weighted by Crippen LogP contribution is 2.63. The van der Waals surface area contributed by atoms with Crippen LogP contribution in [-0.2, 0) is 20.9 Å². The van der Waals surface area contributed by atoms with Crippen LogP contribution in [-0.4, -0.2) is 41.5 Å². The summed E-state index contributed by atoms with van der Waals surface area (Å²) in [5.41, 5.74) is 0.622. The molecule has 1 aromatic carbocycles. The lowest BCUT2D eigenvalue weighted by Crippen LogP contribution is -2.57. The molecule has 0 bridgehead atoms. The maximum Gasteiger partial charge on any atom is 0.314 e. The van der Waals surface area contributed by atoms with Crippen molar-refractivity contribution in [3.05, 3.63) is 36.5 Å². The molecular formula is C20H24N2O3. The molecule has 2 aliphatic rings. The fraction of sp³-hybridized carbons (Fsp3) is 0.500. The highest BCUT2D eigenvalue weighted by atomic mass is 16.5. The predicted octanol–water partition coefficient (Wildman–Crippen LogP) is 2.69. The predicted molar refractivity (Wildman–Crippen MR) is 94.9 cm³/mol. The van der Waals surface area contributed by atoms with Crippen molar-refractivity contribution in [2.75, 3.05) is 20.2 Å². The van der Waals surface area contributed by atoms with Crippen LogP contribution in [0.2, 0.25) is 0 Å². The normalized spacial score (nSPS) is 27.0. The summed E-state index contributed by atoms with van der Waals surface area (Å²) in [6, 6.07) is 10.1. The highest BCUT2D eigenvalue weighted by molar-refractivity contribution is 5.85. The number of ether oxygens (including phenoxy) is 1. The second-order valence-corrected chi connectivity index (χ2v) is 8.14. The van der Waals surface area contributed by atoms with E-state index in [0.717, 1.165) is 17.3 Å². The van der Waals surface area contributed by atoms with Gasteiger partial charge in [0.25, 0.3) is 0 Å². The lowest BCUT2D eigenvalue weighted by molar-refractivity contribution is -0.174. The quantitative estimate of drug-likeness (QED) is 0.807. The van der Waals surface area contributed by atoms with Crippen molar-refractivity contribution in [3.8, 4) is 0 Å². The average Bonchev–Trinajstić information content (AvgIpc) is 3.14. The first-order valence-corrected chi connectivity index (χ1v) is 8.77. The molecule has 5 nitrogen and oxygen atoms in total. The van der Waals surface area contributed by atoms with Gasteiger partial charge in [-0.05, 0) is 35.3 Å². The minimum atomic E-state index is -0.507. The first-order valence-electron chi connectivity index (χ1n) is 8.77. The third-order valence-corrected chi connectivity index (χ3v) is 6.19. The van der Waals surface area contributed by atoms with Crippen molar-refractivity contribution < 1.29 is 14.3 Å². The molecule has 0 N–H and O–H groups in total. The number of likely N-dealkylation sites (tertiary alicyclic amines) is 1. The first kappa shape index (κ1) is 16.2. The second-order valence-electron chi connectivity index (χ2n) is 8.14. The van der Waals surface area contributed by atoms with Crippen LogP contribution in [0.1, 0.15) is 20.3 Å². The molecule has 2 fully saturated rings. The van der Waals surface area contributed by atoms with E-state index in [1.54, 1.807) is 0 Å². The SMILES string of the molecule is COC(=O)[C@@]12CN(C(=O)Cn3ccc4ccccc43)C[C@@H]1C(C)(C)C2. The summed E-state index contributed by atoms with van der Waals surface area (Å²) >= 11 is 0. The summed E-state index contributed by atoms with van der Waals surface area (Å²) in [5, 5.41) is 1.13. The summed E-state index contributed by atoms with van der Waals surface area (Å²) in [6.07, 6.45) is 2.74. The number of rotatable bonds is 3. The van der Waals surface area contributed by atoms with Gasteiger partial charge in [-0.2, -0.15) is 0 Å². The van der Waals surface area contributed by atoms with Crippen LogP contribution in [0.25, 0.3) is 10.9 Å². The Balaban J connectivity index is 1.55. The number of para-hydroxylation sites is 1. The van der Waals surface area contributed by atoms with Crippen LogP contribution in [0.3, 0.4) is 0 Å². The molecule has 2 aromatic rings. The van der Waals surface area contributed by atoms with E-state index < -0.39 is 5.41 Å². The Kier molecular flexibility index (Phi) is 3.46. The van der Waals surface area contributed by atoms with E-state index in [2.05, 4.69) is 13.8 Å². The number of hydrogen-bond donors (Lipinski definition) is 0. The van der Waals surface area contributed by atoms with Crippen LogP contribution >= 0.6 is 0 Å². The number of fused-ring (bicyclic) bond motifs is 2. The molecule has 1 saturated heterocycles. The molecule has 1 aliphatic carbocycles. The molecule has 2 heterocycles. The molecule has 1 amide bonds. The number of aromatic nitrogens is 1. The largest absolute Gasteiger partial charge is 0.469 e. The van der Waals surface area contributed by atoms with E-state index in [9.17, 15) is 9.59 Å². The summed E-state index contributed by atoms with van der Waals surface area (Å²) in [4.78, 5) is 27.1. The molecule has 0 spiro atoms. The molecule has 0 unspecified atom stereocenters. The van der Waals surface area contributed by atoms with Gasteiger partial charge in [0.05, 0.1) is 12.5 Å². The average molecular weight is 340 g/mol. The first-order chi connectivity index (χ1) is 11.9. The number of nitrogens with zero attached hydrogens (tertiary/aromatic N) is 2. The minimum Gasteiger partial charge on any atom is -0.469 e. The number of amides is 1. The number of esters is 1. The van der Waals surface area contributed by atoms with Crippen molar-refractivity contribution in [2.45, 2.75) is 26.8 Å². The van der Waals surface area contributed by atoms with Crippen molar-refractivity contribution in [3.63, 3.8) is 0 Å².